The second-order valence-corrected chi connectivity index (χ2v) is 6.70. The Bertz CT molecular complexity index is 725. The maximum atomic E-state index is 12.6. The highest BCUT2D eigenvalue weighted by molar-refractivity contribution is 6.19. The van der Waals surface area contributed by atoms with Gasteiger partial charge in [-0.05, 0) is 38.1 Å². The predicted octanol–water partition coefficient (Wildman–Crippen LogP) is 3.85. The molecule has 0 bridgehead atoms. The fraction of sp³-hybridized carbons (Fsp3) is 0.400. The molecule has 134 valence electrons. The number of hydrogen-bond donors (Lipinski definition) is 0. The molecule has 0 amide bonds. The molecule has 1 aliphatic rings. The quantitative estimate of drug-likeness (QED) is 0.352. The number of Topliss-reactive ketones (excluding diaryl/α,β-unsaturated/α-hetero) is 1. The van der Waals surface area contributed by atoms with E-state index in [1.54, 1.807) is 33.8 Å². The van der Waals surface area contributed by atoms with Crippen LogP contribution in [0.3, 0.4) is 0 Å². The number of ketones is 1. The molecule has 0 radical (unpaired) electrons. The van der Waals surface area contributed by atoms with Gasteiger partial charge in [-0.2, -0.15) is 0 Å². The van der Waals surface area contributed by atoms with Crippen LogP contribution in [-0.2, 0) is 14.3 Å². The van der Waals surface area contributed by atoms with Crippen molar-refractivity contribution in [1.82, 2.24) is 0 Å². The number of allylic oxidation sites excluding steroid dienone is 2. The van der Waals surface area contributed by atoms with Gasteiger partial charge in [0.05, 0.1) is 12.3 Å². The van der Waals surface area contributed by atoms with Crippen LogP contribution in [0.25, 0.3) is 0 Å². The highest BCUT2D eigenvalue weighted by Gasteiger charge is 2.30. The lowest BCUT2D eigenvalue weighted by atomic mass is 9.86. The van der Waals surface area contributed by atoms with Crippen LogP contribution >= 0.6 is 0 Å². The van der Waals surface area contributed by atoms with E-state index in [0.717, 1.165) is 11.4 Å². The van der Waals surface area contributed by atoms with E-state index in [0.29, 0.717) is 12.4 Å². The Balaban J connectivity index is 2.39. The standard InChI is InChI=1S/C20H25NO4/c1-6-21-15-10-8-9-11-16(15)25-17(21)13-12-14(19(23)24-7-2)18(22)20(3,4)5/h8-13H,6-7H2,1-5H3/b14-12+,17-13-. The highest BCUT2D eigenvalue weighted by Crippen LogP contribution is 2.38. The molecule has 1 heterocycles. The van der Waals surface area contributed by atoms with Crippen LogP contribution in [-0.4, -0.2) is 24.9 Å². The van der Waals surface area contributed by atoms with Crippen molar-refractivity contribution in [2.24, 2.45) is 5.41 Å². The van der Waals surface area contributed by atoms with E-state index < -0.39 is 11.4 Å². The Morgan fingerprint density at radius 2 is 1.88 bits per heavy atom. The summed E-state index contributed by atoms with van der Waals surface area (Å²) in [6.07, 6.45) is 3.15. The van der Waals surface area contributed by atoms with Crippen LogP contribution in [0, 0.1) is 5.41 Å². The molecule has 2 rings (SSSR count). The van der Waals surface area contributed by atoms with Crippen molar-refractivity contribution in [3.63, 3.8) is 0 Å². The monoisotopic (exact) mass is 343 g/mol. The van der Waals surface area contributed by atoms with Crippen LogP contribution in [0.4, 0.5) is 5.69 Å². The number of fused-ring (bicyclic) bond motifs is 1. The van der Waals surface area contributed by atoms with Crippen molar-refractivity contribution in [2.45, 2.75) is 34.6 Å². The normalized spacial score (nSPS) is 15.8. The number of nitrogens with zero attached hydrogens (tertiary/aromatic N) is 1. The molecule has 0 aromatic heterocycles. The second-order valence-electron chi connectivity index (χ2n) is 6.70. The number of para-hydroxylation sites is 2. The Kier molecular flexibility index (Phi) is 5.67. The summed E-state index contributed by atoms with van der Waals surface area (Å²) in [4.78, 5) is 26.8. The number of esters is 1. The Labute approximate surface area is 148 Å². The fourth-order valence-electron chi connectivity index (χ4n) is 2.51. The molecule has 0 unspecified atom stereocenters. The number of carbonyl (C=O) groups excluding carboxylic acids is 2. The van der Waals surface area contributed by atoms with E-state index >= 15 is 0 Å². The Morgan fingerprint density at radius 1 is 1.20 bits per heavy atom. The molecule has 25 heavy (non-hydrogen) atoms. The summed E-state index contributed by atoms with van der Waals surface area (Å²) in [5.74, 6) is 0.454. The number of benzene rings is 1. The molecule has 5 heteroatoms. The zero-order chi connectivity index (χ0) is 18.6. The minimum atomic E-state index is -0.680. The van der Waals surface area contributed by atoms with Crippen molar-refractivity contribution in [1.29, 1.82) is 0 Å². The van der Waals surface area contributed by atoms with E-state index in [1.807, 2.05) is 36.1 Å². The minimum Gasteiger partial charge on any atom is -0.462 e. The molecule has 0 saturated heterocycles. The van der Waals surface area contributed by atoms with Crippen LogP contribution in [0.1, 0.15) is 34.6 Å². The Hall–Kier alpha value is -2.56. The lowest BCUT2D eigenvalue weighted by Crippen LogP contribution is -2.27. The predicted molar refractivity (Wildman–Crippen MR) is 97.4 cm³/mol. The van der Waals surface area contributed by atoms with Gasteiger partial charge in [-0.15, -0.1) is 0 Å². The lowest BCUT2D eigenvalue weighted by molar-refractivity contribution is -0.141. The summed E-state index contributed by atoms with van der Waals surface area (Å²) in [5, 5.41) is 0. The molecular formula is C20H25NO4. The van der Waals surface area contributed by atoms with Gasteiger partial charge in [0.1, 0.15) is 5.57 Å². The first-order valence-electron chi connectivity index (χ1n) is 8.47. The second kappa shape index (κ2) is 7.55. The molecule has 0 spiro atoms. The summed E-state index contributed by atoms with van der Waals surface area (Å²) in [6.45, 7) is 9.97. The summed E-state index contributed by atoms with van der Waals surface area (Å²) < 4.78 is 10.9. The average Bonchev–Trinajstić information content (AvgIpc) is 2.91. The first-order valence-corrected chi connectivity index (χ1v) is 8.47. The minimum absolute atomic E-state index is 0.0254. The number of rotatable bonds is 5. The summed E-state index contributed by atoms with van der Waals surface area (Å²) in [6, 6.07) is 7.69. The maximum absolute atomic E-state index is 12.6. The lowest BCUT2D eigenvalue weighted by Gasteiger charge is -2.18. The zero-order valence-electron chi connectivity index (χ0n) is 15.5. The molecular weight excluding hydrogens is 318 g/mol. The molecule has 1 aromatic carbocycles. The number of ether oxygens (including phenoxy) is 2. The molecule has 0 fully saturated rings. The molecule has 0 N–H and O–H groups in total. The third kappa shape index (κ3) is 4.10. The molecule has 0 saturated carbocycles. The van der Waals surface area contributed by atoms with Crippen LogP contribution in [0.2, 0.25) is 0 Å². The molecule has 0 aliphatic carbocycles. The number of anilines is 1. The molecule has 1 aliphatic heterocycles. The van der Waals surface area contributed by atoms with Gasteiger partial charge in [0.25, 0.3) is 0 Å². The number of hydrogen-bond acceptors (Lipinski definition) is 5. The zero-order valence-corrected chi connectivity index (χ0v) is 15.5. The van der Waals surface area contributed by atoms with Crippen molar-refractivity contribution in [3.8, 4) is 5.75 Å². The van der Waals surface area contributed by atoms with Gasteiger partial charge in [-0.3, -0.25) is 4.79 Å². The first-order chi connectivity index (χ1) is 11.8. The van der Waals surface area contributed by atoms with Gasteiger partial charge in [-0.25, -0.2) is 4.79 Å². The maximum Gasteiger partial charge on any atom is 0.341 e. The molecule has 1 aromatic rings. The first kappa shape index (κ1) is 18.8. The van der Waals surface area contributed by atoms with E-state index in [4.69, 9.17) is 9.47 Å². The van der Waals surface area contributed by atoms with E-state index in [9.17, 15) is 9.59 Å². The highest BCUT2D eigenvalue weighted by atomic mass is 16.5. The van der Waals surface area contributed by atoms with Crippen LogP contribution in [0.15, 0.2) is 47.9 Å². The SMILES string of the molecule is CCOC(=O)/C(=C/C=C1\Oc2ccccc2N1CC)C(=O)C(C)(C)C. The topological polar surface area (TPSA) is 55.8 Å². The summed E-state index contributed by atoms with van der Waals surface area (Å²) >= 11 is 0. The largest absolute Gasteiger partial charge is 0.462 e. The third-order valence-corrected chi connectivity index (χ3v) is 3.77. The van der Waals surface area contributed by atoms with Gasteiger partial charge >= 0.3 is 5.97 Å². The average molecular weight is 343 g/mol. The molecule has 0 atom stereocenters. The van der Waals surface area contributed by atoms with Gasteiger partial charge in [-0.1, -0.05) is 32.9 Å². The summed E-state index contributed by atoms with van der Waals surface area (Å²) in [7, 11) is 0. The number of carbonyl (C=O) groups is 2. The van der Waals surface area contributed by atoms with E-state index in [2.05, 4.69) is 0 Å². The summed E-state index contributed by atoms with van der Waals surface area (Å²) in [5.41, 5.74) is 0.308. The van der Waals surface area contributed by atoms with Gasteiger partial charge in [0.15, 0.2) is 11.5 Å². The van der Waals surface area contributed by atoms with E-state index in [1.165, 1.54) is 6.08 Å². The smallest absolute Gasteiger partial charge is 0.341 e. The van der Waals surface area contributed by atoms with Crippen LogP contribution < -0.4 is 9.64 Å². The van der Waals surface area contributed by atoms with Crippen molar-refractivity contribution in [3.05, 3.63) is 47.9 Å². The van der Waals surface area contributed by atoms with E-state index in [-0.39, 0.29) is 18.0 Å². The van der Waals surface area contributed by atoms with Crippen molar-refractivity contribution < 1.29 is 19.1 Å². The third-order valence-electron chi connectivity index (χ3n) is 3.77. The van der Waals surface area contributed by atoms with Gasteiger partial charge in [0.2, 0.25) is 5.88 Å². The molecule has 5 nitrogen and oxygen atoms in total. The van der Waals surface area contributed by atoms with Crippen molar-refractivity contribution in [2.75, 3.05) is 18.1 Å². The van der Waals surface area contributed by atoms with Gasteiger partial charge < -0.3 is 14.4 Å². The Morgan fingerprint density at radius 3 is 2.48 bits per heavy atom. The van der Waals surface area contributed by atoms with Crippen LogP contribution in [0.5, 0.6) is 5.75 Å². The van der Waals surface area contributed by atoms with Crippen molar-refractivity contribution >= 4 is 17.4 Å². The fourth-order valence-corrected chi connectivity index (χ4v) is 2.51. The van der Waals surface area contributed by atoms with Gasteiger partial charge in [0, 0.05) is 12.0 Å².